The lowest BCUT2D eigenvalue weighted by Gasteiger charge is -2.09. The highest BCUT2D eigenvalue weighted by molar-refractivity contribution is 7.88. The summed E-state index contributed by atoms with van der Waals surface area (Å²) < 4.78 is 23.6. The molecule has 0 aliphatic carbocycles. The third kappa shape index (κ3) is 7.20. The van der Waals surface area contributed by atoms with Crippen LogP contribution in [0.4, 0.5) is 0 Å². The fourth-order valence-electron chi connectivity index (χ4n) is 1.09. The number of hydrogen-bond donors (Lipinski definition) is 2. The van der Waals surface area contributed by atoms with Gasteiger partial charge < -0.3 is 5.32 Å². The minimum Gasteiger partial charge on any atom is -0.354 e. The first kappa shape index (κ1) is 14.9. The third-order valence-corrected chi connectivity index (χ3v) is 2.57. The average molecular weight is 247 g/mol. The molecular weight excluding hydrogens is 230 g/mol. The lowest BCUT2D eigenvalue weighted by atomic mass is 10.1. The topological polar surface area (TPSA) is 99.1 Å². The summed E-state index contributed by atoms with van der Waals surface area (Å²) in [6.45, 7) is 2.21. The second-order valence-corrected chi connectivity index (χ2v) is 5.26. The second kappa shape index (κ2) is 7.19. The van der Waals surface area contributed by atoms with E-state index in [4.69, 9.17) is 5.26 Å². The SMILES string of the molecule is CCCC(C#N)C(=O)NCCNS(C)(=O)=O. The minimum atomic E-state index is -3.22. The normalized spacial score (nSPS) is 12.8. The van der Waals surface area contributed by atoms with Gasteiger partial charge in [-0.05, 0) is 6.42 Å². The van der Waals surface area contributed by atoms with Crippen molar-refractivity contribution in [1.82, 2.24) is 10.0 Å². The van der Waals surface area contributed by atoms with Gasteiger partial charge >= 0.3 is 0 Å². The Hall–Kier alpha value is -1.13. The number of nitrogens with one attached hydrogen (secondary N) is 2. The third-order valence-electron chi connectivity index (χ3n) is 1.84. The van der Waals surface area contributed by atoms with E-state index in [0.717, 1.165) is 12.7 Å². The van der Waals surface area contributed by atoms with Crippen LogP contribution >= 0.6 is 0 Å². The molecule has 0 aromatic heterocycles. The van der Waals surface area contributed by atoms with E-state index in [-0.39, 0.29) is 19.0 Å². The lowest BCUT2D eigenvalue weighted by Crippen LogP contribution is -2.36. The van der Waals surface area contributed by atoms with Gasteiger partial charge in [-0.2, -0.15) is 5.26 Å². The van der Waals surface area contributed by atoms with Gasteiger partial charge in [-0.15, -0.1) is 0 Å². The predicted molar refractivity (Wildman–Crippen MR) is 59.9 cm³/mol. The van der Waals surface area contributed by atoms with Gasteiger partial charge in [-0.1, -0.05) is 13.3 Å². The van der Waals surface area contributed by atoms with Crippen LogP contribution in [0.5, 0.6) is 0 Å². The Morgan fingerprint density at radius 1 is 1.44 bits per heavy atom. The maximum atomic E-state index is 11.4. The van der Waals surface area contributed by atoms with Crippen LogP contribution in [0.3, 0.4) is 0 Å². The smallest absolute Gasteiger partial charge is 0.237 e. The van der Waals surface area contributed by atoms with E-state index in [1.165, 1.54) is 0 Å². The van der Waals surface area contributed by atoms with Crippen molar-refractivity contribution >= 4 is 15.9 Å². The van der Waals surface area contributed by atoms with E-state index in [0.29, 0.717) is 6.42 Å². The molecule has 0 aromatic rings. The summed E-state index contributed by atoms with van der Waals surface area (Å²) in [4.78, 5) is 11.4. The standard InChI is InChI=1S/C9H17N3O3S/c1-3-4-8(7-10)9(13)11-5-6-12-16(2,14)15/h8,12H,3-6H2,1-2H3,(H,11,13). The van der Waals surface area contributed by atoms with E-state index >= 15 is 0 Å². The first-order valence-corrected chi connectivity index (χ1v) is 6.91. The van der Waals surface area contributed by atoms with Crippen LogP contribution in [0.1, 0.15) is 19.8 Å². The molecule has 0 fully saturated rings. The Bertz CT molecular complexity index is 359. The summed E-state index contributed by atoms with van der Waals surface area (Å²) in [6, 6.07) is 1.91. The van der Waals surface area contributed by atoms with E-state index in [2.05, 4.69) is 10.0 Å². The van der Waals surface area contributed by atoms with Gasteiger partial charge in [0.1, 0.15) is 5.92 Å². The highest BCUT2D eigenvalue weighted by Gasteiger charge is 2.15. The van der Waals surface area contributed by atoms with Crippen molar-refractivity contribution in [3.63, 3.8) is 0 Å². The van der Waals surface area contributed by atoms with Gasteiger partial charge in [-0.25, -0.2) is 13.1 Å². The minimum absolute atomic E-state index is 0.134. The zero-order valence-corrected chi connectivity index (χ0v) is 10.3. The van der Waals surface area contributed by atoms with Crippen LogP contribution in [0.25, 0.3) is 0 Å². The fraction of sp³-hybridized carbons (Fsp3) is 0.778. The maximum absolute atomic E-state index is 11.4. The van der Waals surface area contributed by atoms with Gasteiger partial charge in [0, 0.05) is 13.1 Å². The molecule has 1 unspecified atom stereocenters. The molecule has 0 bridgehead atoms. The molecule has 0 aliphatic heterocycles. The van der Waals surface area contributed by atoms with Crippen LogP contribution in [0.15, 0.2) is 0 Å². The quantitative estimate of drug-likeness (QED) is 0.597. The zero-order chi connectivity index (χ0) is 12.6. The van der Waals surface area contributed by atoms with Crippen molar-refractivity contribution in [3.05, 3.63) is 0 Å². The number of carbonyl (C=O) groups is 1. The van der Waals surface area contributed by atoms with Crippen LogP contribution in [-0.4, -0.2) is 33.7 Å². The molecule has 1 amide bonds. The number of sulfonamides is 1. The molecule has 7 heteroatoms. The number of rotatable bonds is 7. The zero-order valence-electron chi connectivity index (χ0n) is 9.49. The first-order chi connectivity index (χ1) is 7.40. The van der Waals surface area contributed by atoms with Crippen LogP contribution in [0.2, 0.25) is 0 Å². The molecule has 0 spiro atoms. The number of carbonyl (C=O) groups excluding carboxylic acids is 1. The Kier molecular flexibility index (Phi) is 6.69. The number of hydrogen-bond acceptors (Lipinski definition) is 4. The van der Waals surface area contributed by atoms with Crippen molar-refractivity contribution in [2.45, 2.75) is 19.8 Å². The number of nitrogens with zero attached hydrogens (tertiary/aromatic N) is 1. The van der Waals surface area contributed by atoms with Crippen LogP contribution in [-0.2, 0) is 14.8 Å². The Labute approximate surface area is 96.1 Å². The molecule has 0 rings (SSSR count). The molecular formula is C9H17N3O3S. The summed E-state index contributed by atoms with van der Waals surface area (Å²) in [5, 5.41) is 11.2. The monoisotopic (exact) mass is 247 g/mol. The Balaban J connectivity index is 3.85. The Morgan fingerprint density at radius 2 is 2.06 bits per heavy atom. The summed E-state index contributed by atoms with van der Waals surface area (Å²) in [5.74, 6) is -0.997. The molecule has 2 N–H and O–H groups in total. The van der Waals surface area contributed by atoms with Crippen molar-refractivity contribution in [2.75, 3.05) is 19.3 Å². The molecule has 0 saturated heterocycles. The molecule has 16 heavy (non-hydrogen) atoms. The van der Waals surface area contributed by atoms with Crippen molar-refractivity contribution in [1.29, 1.82) is 5.26 Å². The second-order valence-electron chi connectivity index (χ2n) is 3.43. The van der Waals surface area contributed by atoms with Gasteiger partial charge in [0.15, 0.2) is 0 Å². The van der Waals surface area contributed by atoms with Crippen molar-refractivity contribution in [2.24, 2.45) is 5.92 Å². The summed E-state index contributed by atoms with van der Waals surface area (Å²) in [6.07, 6.45) is 2.32. The molecule has 0 saturated carbocycles. The van der Waals surface area contributed by atoms with Crippen LogP contribution in [0, 0.1) is 17.2 Å². The van der Waals surface area contributed by atoms with E-state index in [1.54, 1.807) is 0 Å². The molecule has 0 radical (unpaired) electrons. The van der Waals surface area contributed by atoms with Crippen molar-refractivity contribution < 1.29 is 13.2 Å². The molecule has 1 atom stereocenters. The molecule has 92 valence electrons. The average Bonchev–Trinajstić information content (AvgIpc) is 2.19. The summed E-state index contributed by atoms with van der Waals surface area (Å²) in [7, 11) is -3.22. The summed E-state index contributed by atoms with van der Waals surface area (Å²) in [5.41, 5.74) is 0. The maximum Gasteiger partial charge on any atom is 0.237 e. The molecule has 6 nitrogen and oxygen atoms in total. The van der Waals surface area contributed by atoms with Gasteiger partial charge in [0.2, 0.25) is 15.9 Å². The lowest BCUT2D eigenvalue weighted by molar-refractivity contribution is -0.123. The predicted octanol–water partition coefficient (Wildman–Crippen LogP) is -0.408. The van der Waals surface area contributed by atoms with Gasteiger partial charge in [-0.3, -0.25) is 4.79 Å². The number of amides is 1. The van der Waals surface area contributed by atoms with E-state index in [9.17, 15) is 13.2 Å². The summed E-state index contributed by atoms with van der Waals surface area (Å²) >= 11 is 0. The fourth-order valence-corrected chi connectivity index (χ4v) is 1.56. The molecule has 0 heterocycles. The molecule has 0 aromatic carbocycles. The highest BCUT2D eigenvalue weighted by atomic mass is 32.2. The van der Waals surface area contributed by atoms with E-state index < -0.39 is 15.9 Å². The molecule has 0 aliphatic rings. The Morgan fingerprint density at radius 3 is 2.50 bits per heavy atom. The largest absolute Gasteiger partial charge is 0.354 e. The number of nitriles is 1. The van der Waals surface area contributed by atoms with Gasteiger partial charge in [0.05, 0.1) is 12.3 Å². The highest BCUT2D eigenvalue weighted by Crippen LogP contribution is 2.03. The first-order valence-electron chi connectivity index (χ1n) is 5.02. The van der Waals surface area contributed by atoms with E-state index in [1.807, 2.05) is 13.0 Å². The van der Waals surface area contributed by atoms with Crippen molar-refractivity contribution in [3.8, 4) is 6.07 Å². The van der Waals surface area contributed by atoms with Crippen LogP contribution < -0.4 is 10.0 Å². The van der Waals surface area contributed by atoms with Gasteiger partial charge in [0.25, 0.3) is 0 Å².